The van der Waals surface area contributed by atoms with Crippen LogP contribution in [-0.4, -0.2) is 50.1 Å². The number of nitrogens with zero attached hydrogens (tertiary/aromatic N) is 1. The number of nitrogens with one attached hydrogen (secondary N) is 2. The van der Waals surface area contributed by atoms with Crippen molar-refractivity contribution >= 4 is 30.7 Å². The topological polar surface area (TPSA) is 44.4 Å². The van der Waals surface area contributed by atoms with Crippen molar-refractivity contribution < 1.29 is 4.79 Å². The molecule has 0 aromatic rings. The van der Waals surface area contributed by atoms with Gasteiger partial charge in [-0.25, -0.2) is 0 Å². The highest BCUT2D eigenvalue weighted by Gasteiger charge is 2.49. The quantitative estimate of drug-likeness (QED) is 0.778. The summed E-state index contributed by atoms with van der Waals surface area (Å²) in [5.74, 6) is 0.865. The van der Waals surface area contributed by atoms with Crippen molar-refractivity contribution in [1.82, 2.24) is 15.5 Å². The van der Waals surface area contributed by atoms with Gasteiger partial charge in [0, 0.05) is 19.6 Å². The summed E-state index contributed by atoms with van der Waals surface area (Å²) in [4.78, 5) is 14.9. The van der Waals surface area contributed by atoms with E-state index in [0.29, 0.717) is 11.8 Å². The maximum atomic E-state index is 12.6. The third-order valence-corrected chi connectivity index (χ3v) is 5.10. The minimum absolute atomic E-state index is 0. The molecule has 6 heteroatoms. The molecule has 1 aliphatic heterocycles. The average Bonchev–Trinajstić information content (AvgIpc) is 2.88. The fourth-order valence-corrected chi connectivity index (χ4v) is 3.73. The third-order valence-electron chi connectivity index (χ3n) is 5.10. The lowest BCUT2D eigenvalue weighted by Crippen LogP contribution is -2.49. The van der Waals surface area contributed by atoms with Crippen molar-refractivity contribution in [2.24, 2.45) is 11.3 Å². The van der Waals surface area contributed by atoms with Crippen LogP contribution in [0.2, 0.25) is 0 Å². The normalized spacial score (nSPS) is 27.5. The second-order valence-corrected chi connectivity index (χ2v) is 6.01. The number of hydrogen-bond donors (Lipinski definition) is 2. The Balaban J connectivity index is 0.00000200. The minimum Gasteiger partial charge on any atom is -0.354 e. The first kappa shape index (κ1) is 21.0. The van der Waals surface area contributed by atoms with Crippen LogP contribution < -0.4 is 10.6 Å². The molecule has 0 aromatic carbocycles. The summed E-state index contributed by atoms with van der Waals surface area (Å²) in [5.41, 5.74) is -0.0957. The van der Waals surface area contributed by atoms with Gasteiger partial charge in [-0.2, -0.15) is 0 Å². The van der Waals surface area contributed by atoms with Crippen LogP contribution >= 0.6 is 24.8 Å². The average molecular weight is 340 g/mol. The fraction of sp³-hybridized carbons (Fsp3) is 0.933. The van der Waals surface area contributed by atoms with Crippen LogP contribution in [0.1, 0.15) is 39.5 Å². The molecule has 0 bridgehead atoms. The van der Waals surface area contributed by atoms with Gasteiger partial charge in [-0.15, -0.1) is 24.8 Å². The summed E-state index contributed by atoms with van der Waals surface area (Å²) in [6.07, 6.45) is 4.79. The molecule has 2 aliphatic rings. The van der Waals surface area contributed by atoms with Crippen LogP contribution in [-0.2, 0) is 4.79 Å². The van der Waals surface area contributed by atoms with Crippen LogP contribution in [0.4, 0.5) is 0 Å². The van der Waals surface area contributed by atoms with Crippen LogP contribution in [0.3, 0.4) is 0 Å². The van der Waals surface area contributed by atoms with Gasteiger partial charge in [0.1, 0.15) is 0 Å². The van der Waals surface area contributed by atoms with Crippen LogP contribution in [0.5, 0.6) is 0 Å². The number of rotatable bonds is 6. The predicted octanol–water partition coefficient (Wildman–Crippen LogP) is 2.07. The Morgan fingerprint density at radius 2 is 2.00 bits per heavy atom. The monoisotopic (exact) mass is 339 g/mol. The van der Waals surface area contributed by atoms with E-state index in [1.54, 1.807) is 0 Å². The van der Waals surface area contributed by atoms with Crippen LogP contribution in [0.25, 0.3) is 0 Å². The number of likely N-dealkylation sites (N-methyl/N-ethyl adjacent to an activating group) is 1. The SMILES string of the molecule is CCN(CC)CCNC(=O)[C@@]12CCCC[C@H]1CNC2.Cl.Cl. The van der Waals surface area contributed by atoms with Crippen molar-refractivity contribution in [1.29, 1.82) is 0 Å². The molecule has 126 valence electrons. The maximum absolute atomic E-state index is 12.6. The molecule has 2 fully saturated rings. The Morgan fingerprint density at radius 1 is 1.29 bits per heavy atom. The Bertz CT molecular complexity index is 313. The Hall–Kier alpha value is -0.0300. The van der Waals surface area contributed by atoms with Gasteiger partial charge in [0.25, 0.3) is 0 Å². The lowest BCUT2D eigenvalue weighted by atomic mass is 9.67. The minimum atomic E-state index is -0.0957. The van der Waals surface area contributed by atoms with Crippen molar-refractivity contribution in [3.63, 3.8) is 0 Å². The summed E-state index contributed by atoms with van der Waals surface area (Å²) >= 11 is 0. The molecule has 1 aliphatic carbocycles. The first-order chi connectivity index (χ1) is 9.23. The van der Waals surface area contributed by atoms with E-state index in [4.69, 9.17) is 0 Å². The number of amides is 1. The van der Waals surface area contributed by atoms with E-state index in [1.165, 1.54) is 19.3 Å². The summed E-state index contributed by atoms with van der Waals surface area (Å²) in [6.45, 7) is 10.1. The van der Waals surface area contributed by atoms with Crippen molar-refractivity contribution in [2.45, 2.75) is 39.5 Å². The van der Waals surface area contributed by atoms with Gasteiger partial charge in [-0.3, -0.25) is 4.79 Å². The van der Waals surface area contributed by atoms with Crippen LogP contribution in [0.15, 0.2) is 0 Å². The van der Waals surface area contributed by atoms with E-state index in [-0.39, 0.29) is 30.2 Å². The summed E-state index contributed by atoms with van der Waals surface area (Å²) in [7, 11) is 0. The lowest BCUT2D eigenvalue weighted by Gasteiger charge is -2.37. The lowest BCUT2D eigenvalue weighted by molar-refractivity contribution is -0.134. The van der Waals surface area contributed by atoms with E-state index in [9.17, 15) is 4.79 Å². The molecule has 1 heterocycles. The van der Waals surface area contributed by atoms with Gasteiger partial charge < -0.3 is 15.5 Å². The Kier molecular flexibility index (Phi) is 9.87. The largest absolute Gasteiger partial charge is 0.354 e. The zero-order valence-electron chi connectivity index (χ0n) is 13.3. The molecular formula is C15H31Cl2N3O. The number of carbonyl (C=O) groups excluding carboxylic acids is 1. The van der Waals surface area contributed by atoms with E-state index >= 15 is 0 Å². The van der Waals surface area contributed by atoms with Gasteiger partial charge in [-0.05, 0) is 38.4 Å². The maximum Gasteiger partial charge on any atom is 0.227 e. The fourth-order valence-electron chi connectivity index (χ4n) is 3.73. The molecule has 4 nitrogen and oxygen atoms in total. The summed E-state index contributed by atoms with van der Waals surface area (Å²) in [6, 6.07) is 0. The molecule has 2 atom stereocenters. The van der Waals surface area contributed by atoms with Gasteiger partial charge in [-0.1, -0.05) is 26.7 Å². The third kappa shape index (κ3) is 4.72. The van der Waals surface area contributed by atoms with E-state index in [1.807, 2.05) is 0 Å². The Labute approximate surface area is 141 Å². The van der Waals surface area contributed by atoms with Gasteiger partial charge in [0.05, 0.1) is 5.41 Å². The molecule has 1 saturated carbocycles. The molecule has 2 N–H and O–H groups in total. The predicted molar refractivity (Wildman–Crippen MR) is 92.6 cm³/mol. The van der Waals surface area contributed by atoms with Crippen molar-refractivity contribution in [2.75, 3.05) is 39.3 Å². The molecular weight excluding hydrogens is 309 g/mol. The molecule has 2 rings (SSSR count). The molecule has 1 saturated heterocycles. The highest BCUT2D eigenvalue weighted by Crippen LogP contribution is 2.43. The second kappa shape index (κ2) is 9.88. The van der Waals surface area contributed by atoms with Crippen molar-refractivity contribution in [3.05, 3.63) is 0 Å². The zero-order valence-corrected chi connectivity index (χ0v) is 15.0. The smallest absolute Gasteiger partial charge is 0.227 e. The number of hydrogen-bond acceptors (Lipinski definition) is 3. The number of carbonyl (C=O) groups is 1. The summed E-state index contributed by atoms with van der Waals surface area (Å²) in [5, 5.41) is 6.63. The van der Waals surface area contributed by atoms with Gasteiger partial charge >= 0.3 is 0 Å². The highest BCUT2D eigenvalue weighted by atomic mass is 35.5. The van der Waals surface area contributed by atoms with Gasteiger partial charge in [0.15, 0.2) is 0 Å². The molecule has 1 amide bonds. The summed E-state index contributed by atoms with van der Waals surface area (Å²) < 4.78 is 0. The Morgan fingerprint density at radius 3 is 2.67 bits per heavy atom. The van der Waals surface area contributed by atoms with E-state index in [0.717, 1.165) is 45.7 Å². The molecule has 0 unspecified atom stereocenters. The second-order valence-electron chi connectivity index (χ2n) is 6.01. The van der Waals surface area contributed by atoms with Crippen molar-refractivity contribution in [3.8, 4) is 0 Å². The first-order valence-corrected chi connectivity index (χ1v) is 7.94. The molecule has 21 heavy (non-hydrogen) atoms. The molecule has 0 radical (unpaired) electrons. The number of halogens is 2. The van der Waals surface area contributed by atoms with E-state index in [2.05, 4.69) is 29.4 Å². The van der Waals surface area contributed by atoms with E-state index < -0.39 is 0 Å². The highest BCUT2D eigenvalue weighted by molar-refractivity contribution is 5.85. The zero-order chi connectivity index (χ0) is 13.7. The van der Waals surface area contributed by atoms with Gasteiger partial charge in [0.2, 0.25) is 5.91 Å². The van der Waals surface area contributed by atoms with Crippen LogP contribution in [0, 0.1) is 11.3 Å². The first-order valence-electron chi connectivity index (χ1n) is 7.94. The standard InChI is InChI=1S/C15H29N3O.2ClH/c1-3-18(4-2)10-9-17-14(19)15-8-6-5-7-13(15)11-16-12-15;;/h13,16H,3-12H2,1-2H3,(H,17,19);2*1H/t13-,15+;;/m0../s1. The number of fused-ring (bicyclic) bond motifs is 1. The molecule has 0 aromatic heterocycles. The molecule has 0 spiro atoms.